The van der Waals surface area contributed by atoms with Gasteiger partial charge < -0.3 is 9.88 Å². The number of aromatic nitrogens is 2. The van der Waals surface area contributed by atoms with Crippen molar-refractivity contribution in [3.63, 3.8) is 0 Å². The first kappa shape index (κ1) is 11.2. The fraction of sp³-hybridized carbons (Fsp3) is 0.438. The zero-order valence-corrected chi connectivity index (χ0v) is 11.3. The molecule has 1 aromatic heterocycles. The van der Waals surface area contributed by atoms with Crippen molar-refractivity contribution in [3.8, 4) is 11.4 Å². The Morgan fingerprint density at radius 3 is 2.79 bits per heavy atom. The van der Waals surface area contributed by atoms with E-state index in [1.54, 1.807) is 0 Å². The maximum absolute atomic E-state index is 4.92. The first-order valence-electron chi connectivity index (χ1n) is 7.20. The molecule has 0 radical (unpaired) electrons. The number of imidazole rings is 1. The summed E-state index contributed by atoms with van der Waals surface area (Å²) in [6.45, 7) is 4.34. The van der Waals surface area contributed by atoms with E-state index in [9.17, 15) is 0 Å². The Balaban J connectivity index is 1.88. The molecule has 0 bridgehead atoms. The lowest BCUT2D eigenvalue weighted by Crippen LogP contribution is -2.25. The first-order chi connectivity index (χ1) is 9.34. The van der Waals surface area contributed by atoms with Crippen LogP contribution in [0.2, 0.25) is 0 Å². The number of fused-ring (bicyclic) bond motifs is 1. The van der Waals surface area contributed by atoms with E-state index in [1.807, 2.05) is 0 Å². The fourth-order valence-electron chi connectivity index (χ4n) is 3.14. The molecule has 1 aliphatic carbocycles. The molecule has 1 fully saturated rings. The molecular weight excluding hydrogens is 234 g/mol. The van der Waals surface area contributed by atoms with Crippen LogP contribution in [0.15, 0.2) is 30.3 Å². The number of benzene rings is 1. The molecule has 2 heterocycles. The van der Waals surface area contributed by atoms with Gasteiger partial charge in [-0.05, 0) is 12.3 Å². The smallest absolute Gasteiger partial charge is 0.140 e. The van der Waals surface area contributed by atoms with Crippen LogP contribution in [0.25, 0.3) is 11.4 Å². The van der Waals surface area contributed by atoms with Gasteiger partial charge in [-0.1, -0.05) is 37.3 Å². The number of hydrogen-bond donors (Lipinski definition) is 1. The molecule has 2 aromatic rings. The van der Waals surface area contributed by atoms with Gasteiger partial charge in [0.05, 0.1) is 5.69 Å². The van der Waals surface area contributed by atoms with Crippen molar-refractivity contribution in [2.75, 3.05) is 6.54 Å². The van der Waals surface area contributed by atoms with E-state index >= 15 is 0 Å². The highest BCUT2D eigenvalue weighted by Gasteiger charge is 2.38. The molecule has 0 saturated heterocycles. The van der Waals surface area contributed by atoms with Gasteiger partial charge in [0.1, 0.15) is 5.82 Å². The minimum absolute atomic E-state index is 0.671. The van der Waals surface area contributed by atoms with Gasteiger partial charge in [-0.3, -0.25) is 0 Å². The predicted molar refractivity (Wildman–Crippen MR) is 75.9 cm³/mol. The van der Waals surface area contributed by atoms with E-state index in [2.05, 4.69) is 47.1 Å². The zero-order chi connectivity index (χ0) is 12.8. The summed E-state index contributed by atoms with van der Waals surface area (Å²) in [6.07, 6.45) is 2.41. The molecule has 98 valence electrons. The predicted octanol–water partition coefficient (Wildman–Crippen LogP) is 2.78. The quantitative estimate of drug-likeness (QED) is 0.892. The minimum Gasteiger partial charge on any atom is -0.324 e. The Morgan fingerprint density at radius 1 is 1.26 bits per heavy atom. The van der Waals surface area contributed by atoms with Crippen molar-refractivity contribution in [1.82, 2.24) is 14.9 Å². The maximum atomic E-state index is 4.92. The summed E-state index contributed by atoms with van der Waals surface area (Å²) in [5.41, 5.74) is 3.96. The van der Waals surface area contributed by atoms with Crippen molar-refractivity contribution < 1.29 is 0 Å². The van der Waals surface area contributed by atoms with E-state index in [0.29, 0.717) is 6.04 Å². The molecule has 2 unspecified atom stereocenters. The molecule has 1 aliphatic heterocycles. The standard InChI is InChI=1S/C16H19N3/c1-11-9-15(11)19-14-7-8-17-10-13(14)18-16(19)12-5-3-2-4-6-12/h2-6,11,15,17H,7-10H2,1H3. The Bertz CT molecular complexity index is 600. The van der Waals surface area contributed by atoms with Crippen LogP contribution in [0.4, 0.5) is 0 Å². The molecule has 1 saturated carbocycles. The van der Waals surface area contributed by atoms with Gasteiger partial charge in [-0.25, -0.2) is 4.98 Å². The van der Waals surface area contributed by atoms with Crippen molar-refractivity contribution in [3.05, 3.63) is 41.7 Å². The third-order valence-corrected chi connectivity index (χ3v) is 4.35. The van der Waals surface area contributed by atoms with Crippen molar-refractivity contribution in [2.24, 2.45) is 5.92 Å². The third kappa shape index (κ3) is 1.80. The van der Waals surface area contributed by atoms with Crippen LogP contribution in [-0.2, 0) is 13.0 Å². The summed E-state index contributed by atoms with van der Waals surface area (Å²) < 4.78 is 2.52. The molecular formula is C16H19N3. The summed E-state index contributed by atoms with van der Waals surface area (Å²) in [4.78, 5) is 4.92. The number of rotatable bonds is 2. The topological polar surface area (TPSA) is 29.9 Å². The summed E-state index contributed by atoms with van der Waals surface area (Å²) in [7, 11) is 0. The molecule has 1 N–H and O–H groups in total. The molecule has 0 amide bonds. The van der Waals surface area contributed by atoms with Gasteiger partial charge >= 0.3 is 0 Å². The van der Waals surface area contributed by atoms with Crippen molar-refractivity contribution >= 4 is 0 Å². The first-order valence-corrected chi connectivity index (χ1v) is 7.20. The summed E-state index contributed by atoms with van der Waals surface area (Å²) in [6, 6.07) is 11.3. The van der Waals surface area contributed by atoms with E-state index in [0.717, 1.165) is 25.4 Å². The van der Waals surface area contributed by atoms with Gasteiger partial charge in [-0.15, -0.1) is 0 Å². The second-order valence-electron chi connectivity index (χ2n) is 5.77. The number of hydrogen-bond acceptors (Lipinski definition) is 2. The molecule has 0 spiro atoms. The summed E-state index contributed by atoms with van der Waals surface area (Å²) in [5, 5.41) is 3.43. The van der Waals surface area contributed by atoms with Gasteiger partial charge in [0, 0.05) is 36.8 Å². The van der Waals surface area contributed by atoms with Crippen LogP contribution in [0.1, 0.15) is 30.8 Å². The van der Waals surface area contributed by atoms with E-state index in [4.69, 9.17) is 4.98 Å². The Kier molecular flexibility index (Phi) is 2.49. The third-order valence-electron chi connectivity index (χ3n) is 4.35. The average Bonchev–Trinajstić information content (AvgIpc) is 3.04. The van der Waals surface area contributed by atoms with Crippen molar-refractivity contribution in [2.45, 2.75) is 32.4 Å². The lowest BCUT2D eigenvalue weighted by Gasteiger charge is -2.16. The molecule has 4 rings (SSSR count). The minimum atomic E-state index is 0.671. The number of nitrogens with zero attached hydrogens (tertiary/aromatic N) is 2. The van der Waals surface area contributed by atoms with E-state index in [1.165, 1.54) is 29.2 Å². The largest absolute Gasteiger partial charge is 0.324 e. The molecule has 1 aromatic carbocycles. The van der Waals surface area contributed by atoms with Crippen LogP contribution in [0, 0.1) is 5.92 Å². The molecule has 19 heavy (non-hydrogen) atoms. The fourth-order valence-corrected chi connectivity index (χ4v) is 3.14. The van der Waals surface area contributed by atoms with Gasteiger partial charge in [0.2, 0.25) is 0 Å². The van der Waals surface area contributed by atoms with Gasteiger partial charge in [-0.2, -0.15) is 0 Å². The van der Waals surface area contributed by atoms with Crippen LogP contribution < -0.4 is 5.32 Å². The average molecular weight is 253 g/mol. The zero-order valence-electron chi connectivity index (χ0n) is 11.3. The van der Waals surface area contributed by atoms with Crippen LogP contribution in [0.5, 0.6) is 0 Å². The lowest BCUT2D eigenvalue weighted by molar-refractivity contribution is 0.583. The Morgan fingerprint density at radius 2 is 2.05 bits per heavy atom. The van der Waals surface area contributed by atoms with Crippen molar-refractivity contribution in [1.29, 1.82) is 0 Å². The van der Waals surface area contributed by atoms with E-state index < -0.39 is 0 Å². The highest BCUT2D eigenvalue weighted by molar-refractivity contribution is 5.57. The molecule has 2 aliphatic rings. The summed E-state index contributed by atoms with van der Waals surface area (Å²) >= 11 is 0. The van der Waals surface area contributed by atoms with Gasteiger partial charge in [0.25, 0.3) is 0 Å². The Labute approximate surface area is 113 Å². The number of nitrogens with one attached hydrogen (secondary N) is 1. The van der Waals surface area contributed by atoms with Crippen LogP contribution in [0.3, 0.4) is 0 Å². The second-order valence-corrected chi connectivity index (χ2v) is 5.77. The lowest BCUT2D eigenvalue weighted by atomic mass is 10.2. The molecule has 2 atom stereocenters. The molecule has 3 nitrogen and oxygen atoms in total. The van der Waals surface area contributed by atoms with Gasteiger partial charge in [0.15, 0.2) is 0 Å². The molecule has 3 heteroatoms. The SMILES string of the molecule is CC1CC1n1c(-c2ccccc2)nc2c1CCNC2. The second kappa shape index (κ2) is 4.20. The Hall–Kier alpha value is -1.61. The highest BCUT2D eigenvalue weighted by Crippen LogP contribution is 2.46. The van der Waals surface area contributed by atoms with E-state index in [-0.39, 0.29) is 0 Å². The normalized spacial score (nSPS) is 25.1. The highest BCUT2D eigenvalue weighted by atomic mass is 15.2. The summed E-state index contributed by atoms with van der Waals surface area (Å²) in [5.74, 6) is 1.97. The van der Waals surface area contributed by atoms with Crippen LogP contribution in [-0.4, -0.2) is 16.1 Å². The monoisotopic (exact) mass is 253 g/mol. The maximum Gasteiger partial charge on any atom is 0.140 e. The van der Waals surface area contributed by atoms with Crippen LogP contribution >= 0.6 is 0 Å².